The highest BCUT2D eigenvalue weighted by Crippen LogP contribution is 2.18. The van der Waals surface area contributed by atoms with Gasteiger partial charge in [-0.3, -0.25) is 9.59 Å². The van der Waals surface area contributed by atoms with Gasteiger partial charge in [-0.1, -0.05) is 54.9 Å². The fourth-order valence-electron chi connectivity index (χ4n) is 2.77. The van der Waals surface area contributed by atoms with E-state index in [2.05, 4.69) is 29.5 Å². The lowest BCUT2D eigenvalue weighted by Crippen LogP contribution is -2.28. The number of halogens is 1. The summed E-state index contributed by atoms with van der Waals surface area (Å²) in [7, 11) is 0. The van der Waals surface area contributed by atoms with Crippen LogP contribution in [0, 0.1) is 0 Å². The van der Waals surface area contributed by atoms with Crippen molar-refractivity contribution >= 4 is 17.5 Å². The molecular weight excluding hydrogens is 374 g/mol. The minimum Gasteiger partial charge on any atom is -0.352 e. The van der Waals surface area contributed by atoms with Crippen LogP contribution in [0.3, 0.4) is 0 Å². The molecule has 144 valence electrons. The van der Waals surface area contributed by atoms with Crippen molar-refractivity contribution in [1.82, 2.24) is 15.1 Å². The third kappa shape index (κ3) is 5.30. The third-order valence-corrected chi connectivity index (χ3v) is 4.73. The molecule has 0 saturated carbocycles. The summed E-state index contributed by atoms with van der Waals surface area (Å²) in [6.07, 6.45) is 1.17. The number of hydrogen-bond donors (Lipinski definition) is 1. The molecule has 28 heavy (non-hydrogen) atoms. The van der Waals surface area contributed by atoms with Crippen molar-refractivity contribution in [2.75, 3.05) is 0 Å². The lowest BCUT2D eigenvalue weighted by atomic mass is 10.1. The van der Waals surface area contributed by atoms with Gasteiger partial charge in [0, 0.05) is 29.6 Å². The van der Waals surface area contributed by atoms with Crippen LogP contribution in [0.15, 0.2) is 65.5 Å². The molecule has 0 bridgehead atoms. The molecule has 0 saturated heterocycles. The largest absolute Gasteiger partial charge is 0.352 e. The standard InChI is InChI=1S/C22H22ClN3O2/c1-2-16-3-5-17(6-4-16)15-24-21(27)13-14-26-22(28)12-11-20(25-26)18-7-9-19(23)10-8-18/h3-12H,2,13-15H2,1H3,(H,24,27). The summed E-state index contributed by atoms with van der Waals surface area (Å²) in [5, 5.41) is 7.88. The number of amides is 1. The van der Waals surface area contributed by atoms with Gasteiger partial charge in [0.15, 0.2) is 0 Å². The highest BCUT2D eigenvalue weighted by molar-refractivity contribution is 6.30. The maximum Gasteiger partial charge on any atom is 0.266 e. The number of carbonyl (C=O) groups is 1. The van der Waals surface area contributed by atoms with Crippen molar-refractivity contribution in [2.45, 2.75) is 32.9 Å². The smallest absolute Gasteiger partial charge is 0.266 e. The SMILES string of the molecule is CCc1ccc(CNC(=O)CCn2nc(-c3ccc(Cl)cc3)ccc2=O)cc1. The van der Waals surface area contributed by atoms with E-state index in [1.165, 1.54) is 16.3 Å². The van der Waals surface area contributed by atoms with Gasteiger partial charge in [0.2, 0.25) is 5.91 Å². The Morgan fingerprint density at radius 3 is 2.36 bits per heavy atom. The van der Waals surface area contributed by atoms with Crippen LogP contribution in [0.25, 0.3) is 11.3 Å². The zero-order valence-electron chi connectivity index (χ0n) is 15.7. The van der Waals surface area contributed by atoms with Gasteiger partial charge in [-0.15, -0.1) is 0 Å². The molecule has 0 atom stereocenters. The second kappa shape index (κ2) is 9.33. The van der Waals surface area contributed by atoms with Gasteiger partial charge in [0.25, 0.3) is 5.56 Å². The Kier molecular flexibility index (Phi) is 6.61. The molecule has 5 nitrogen and oxygen atoms in total. The molecule has 3 rings (SSSR count). The lowest BCUT2D eigenvalue weighted by Gasteiger charge is -2.09. The Morgan fingerprint density at radius 1 is 1.00 bits per heavy atom. The number of carbonyl (C=O) groups excluding carboxylic acids is 1. The number of nitrogens with zero attached hydrogens (tertiary/aromatic N) is 2. The summed E-state index contributed by atoms with van der Waals surface area (Å²) in [5.41, 5.74) is 3.60. The van der Waals surface area contributed by atoms with Gasteiger partial charge in [0.05, 0.1) is 12.2 Å². The summed E-state index contributed by atoms with van der Waals surface area (Å²) in [5.74, 6) is -0.120. The average Bonchev–Trinajstić information content (AvgIpc) is 2.72. The second-order valence-electron chi connectivity index (χ2n) is 6.48. The first kappa shape index (κ1) is 19.8. The summed E-state index contributed by atoms with van der Waals surface area (Å²) >= 11 is 5.91. The number of rotatable bonds is 7. The van der Waals surface area contributed by atoms with E-state index in [-0.39, 0.29) is 24.4 Å². The van der Waals surface area contributed by atoms with E-state index in [1.54, 1.807) is 18.2 Å². The molecule has 0 aliphatic rings. The summed E-state index contributed by atoms with van der Waals surface area (Å²) in [6, 6.07) is 18.5. The number of benzene rings is 2. The fourth-order valence-corrected chi connectivity index (χ4v) is 2.90. The third-order valence-electron chi connectivity index (χ3n) is 4.48. The Balaban J connectivity index is 1.58. The normalized spacial score (nSPS) is 10.6. The van der Waals surface area contributed by atoms with E-state index in [9.17, 15) is 9.59 Å². The molecule has 0 spiro atoms. The maximum absolute atomic E-state index is 12.1. The molecule has 1 aromatic heterocycles. The van der Waals surface area contributed by atoms with Crippen LogP contribution in [0.5, 0.6) is 0 Å². The van der Waals surface area contributed by atoms with Crippen molar-refractivity contribution in [2.24, 2.45) is 0 Å². The second-order valence-corrected chi connectivity index (χ2v) is 6.92. The Hall–Kier alpha value is -2.92. The quantitative estimate of drug-likeness (QED) is 0.661. The van der Waals surface area contributed by atoms with Gasteiger partial charge in [-0.2, -0.15) is 5.10 Å². The Bertz CT molecular complexity index is 996. The summed E-state index contributed by atoms with van der Waals surface area (Å²) < 4.78 is 1.32. The van der Waals surface area contributed by atoms with Gasteiger partial charge in [0.1, 0.15) is 0 Å². The molecule has 1 amide bonds. The Morgan fingerprint density at radius 2 is 1.68 bits per heavy atom. The van der Waals surface area contributed by atoms with E-state index in [0.29, 0.717) is 17.3 Å². The maximum atomic E-state index is 12.1. The van der Waals surface area contributed by atoms with Crippen LogP contribution >= 0.6 is 11.6 Å². The van der Waals surface area contributed by atoms with E-state index >= 15 is 0 Å². The molecular formula is C22H22ClN3O2. The van der Waals surface area contributed by atoms with Crippen molar-refractivity contribution in [3.05, 3.63) is 87.2 Å². The van der Waals surface area contributed by atoms with Crippen LogP contribution in [-0.2, 0) is 24.3 Å². The molecule has 0 fully saturated rings. The summed E-state index contributed by atoms with van der Waals surface area (Å²) in [6.45, 7) is 2.80. The first-order chi connectivity index (χ1) is 13.5. The van der Waals surface area contributed by atoms with E-state index < -0.39 is 0 Å². The first-order valence-corrected chi connectivity index (χ1v) is 9.61. The topological polar surface area (TPSA) is 64.0 Å². The van der Waals surface area contributed by atoms with Gasteiger partial charge in [-0.25, -0.2) is 4.68 Å². The fraction of sp³-hybridized carbons (Fsp3) is 0.227. The van der Waals surface area contributed by atoms with E-state index in [1.807, 2.05) is 24.3 Å². The van der Waals surface area contributed by atoms with Crippen LogP contribution < -0.4 is 10.9 Å². The number of aryl methyl sites for hydroxylation is 2. The van der Waals surface area contributed by atoms with E-state index in [4.69, 9.17) is 11.6 Å². The molecule has 0 aliphatic carbocycles. The predicted molar refractivity (Wildman–Crippen MR) is 111 cm³/mol. The van der Waals surface area contributed by atoms with Gasteiger partial charge < -0.3 is 5.32 Å². The minimum absolute atomic E-state index is 0.120. The highest BCUT2D eigenvalue weighted by atomic mass is 35.5. The Labute approximate surface area is 169 Å². The number of nitrogens with one attached hydrogen (secondary N) is 1. The van der Waals surface area contributed by atoms with Gasteiger partial charge >= 0.3 is 0 Å². The van der Waals surface area contributed by atoms with Crippen LogP contribution in [0.4, 0.5) is 0 Å². The van der Waals surface area contributed by atoms with Gasteiger partial charge in [-0.05, 0) is 35.7 Å². The van der Waals surface area contributed by atoms with Crippen LogP contribution in [0.2, 0.25) is 5.02 Å². The molecule has 6 heteroatoms. The number of hydrogen-bond acceptors (Lipinski definition) is 3. The zero-order valence-corrected chi connectivity index (χ0v) is 16.4. The zero-order chi connectivity index (χ0) is 19.9. The predicted octanol–water partition coefficient (Wildman–Crippen LogP) is 3.83. The lowest BCUT2D eigenvalue weighted by molar-refractivity contribution is -0.121. The summed E-state index contributed by atoms with van der Waals surface area (Å²) in [4.78, 5) is 24.2. The number of aromatic nitrogens is 2. The molecule has 3 aromatic rings. The molecule has 2 aromatic carbocycles. The highest BCUT2D eigenvalue weighted by Gasteiger charge is 2.07. The van der Waals surface area contributed by atoms with Crippen molar-refractivity contribution < 1.29 is 4.79 Å². The molecule has 0 unspecified atom stereocenters. The molecule has 1 N–H and O–H groups in total. The average molecular weight is 396 g/mol. The van der Waals surface area contributed by atoms with Crippen molar-refractivity contribution in [1.29, 1.82) is 0 Å². The van der Waals surface area contributed by atoms with Crippen molar-refractivity contribution in [3.8, 4) is 11.3 Å². The van der Waals surface area contributed by atoms with Crippen LogP contribution in [0.1, 0.15) is 24.5 Å². The first-order valence-electron chi connectivity index (χ1n) is 9.24. The molecule has 0 aliphatic heterocycles. The van der Waals surface area contributed by atoms with E-state index in [0.717, 1.165) is 17.5 Å². The monoisotopic (exact) mass is 395 g/mol. The van der Waals surface area contributed by atoms with Crippen molar-refractivity contribution in [3.63, 3.8) is 0 Å². The minimum atomic E-state index is -0.235. The molecule has 1 heterocycles. The van der Waals surface area contributed by atoms with Crippen LogP contribution in [-0.4, -0.2) is 15.7 Å². The molecule has 0 radical (unpaired) electrons.